The van der Waals surface area contributed by atoms with E-state index in [4.69, 9.17) is 15.0 Å². The van der Waals surface area contributed by atoms with Gasteiger partial charge in [0.05, 0.1) is 13.2 Å². The van der Waals surface area contributed by atoms with Crippen molar-refractivity contribution in [2.24, 2.45) is 5.41 Å². The predicted octanol–water partition coefficient (Wildman–Crippen LogP) is 0.428. The van der Waals surface area contributed by atoms with Gasteiger partial charge in [0.2, 0.25) is 0 Å². The quantitative estimate of drug-likeness (QED) is 0.801. The molecule has 2 rings (SSSR count). The third-order valence-electron chi connectivity index (χ3n) is 3.26. The smallest absolute Gasteiger partial charge is 0.265 e. The molecular weight excluding hydrogens is 246 g/mol. The van der Waals surface area contributed by atoms with E-state index in [1.54, 1.807) is 6.20 Å². The highest BCUT2D eigenvalue weighted by Crippen LogP contribution is 2.25. The summed E-state index contributed by atoms with van der Waals surface area (Å²) in [5.74, 6) is 0.266. The lowest BCUT2D eigenvalue weighted by molar-refractivity contribution is -0.700. The molecule has 0 spiro atoms. The maximum atomic E-state index is 5.51. The van der Waals surface area contributed by atoms with Crippen molar-refractivity contribution in [3.8, 4) is 0 Å². The number of hydrogen-bond acceptors (Lipinski definition) is 5. The summed E-state index contributed by atoms with van der Waals surface area (Å²) in [6, 6.07) is 0.111. The third-order valence-corrected chi connectivity index (χ3v) is 3.26. The molecule has 1 atom stereocenters. The van der Waals surface area contributed by atoms with Crippen molar-refractivity contribution in [3.63, 3.8) is 0 Å². The fraction of sp³-hybridized carbons (Fsp3) is 0.833. The Labute approximate surface area is 113 Å². The minimum atomic E-state index is 0.0407. The molecule has 7 nitrogen and oxygen atoms in total. The van der Waals surface area contributed by atoms with Crippen LogP contribution in [0.25, 0.3) is 5.43 Å². The topological polar surface area (TPSA) is 82.5 Å². The average Bonchev–Trinajstić information content (AvgIpc) is 2.74. The normalized spacial score (nSPS) is 19.3. The molecule has 0 aromatic carbocycles. The SMILES string of the molecule is CC(C)(C)C(CN1CCOCC1)[N-][n+]1cc(N)on1. The van der Waals surface area contributed by atoms with E-state index in [1.165, 1.54) is 4.79 Å². The molecule has 0 amide bonds. The molecular formula is C12H23N5O2. The number of nitrogen functional groups attached to an aromatic ring is 1. The van der Waals surface area contributed by atoms with Crippen LogP contribution in [0.3, 0.4) is 0 Å². The van der Waals surface area contributed by atoms with E-state index in [1.807, 2.05) is 0 Å². The predicted molar refractivity (Wildman–Crippen MR) is 70.4 cm³/mol. The largest absolute Gasteiger partial charge is 0.382 e. The molecule has 1 saturated heterocycles. The Bertz CT molecular complexity index is 395. The Hall–Kier alpha value is -1.34. The van der Waals surface area contributed by atoms with Gasteiger partial charge in [0, 0.05) is 25.7 Å². The molecule has 0 aliphatic carbocycles. The highest BCUT2D eigenvalue weighted by Gasteiger charge is 2.27. The zero-order chi connectivity index (χ0) is 13.9. The molecule has 7 heteroatoms. The second-order valence-electron chi connectivity index (χ2n) is 5.94. The summed E-state index contributed by atoms with van der Waals surface area (Å²) in [7, 11) is 0. The van der Waals surface area contributed by atoms with Crippen LogP contribution in [0.15, 0.2) is 10.7 Å². The van der Waals surface area contributed by atoms with Crippen LogP contribution < -0.4 is 10.5 Å². The Morgan fingerprint density at radius 1 is 1.47 bits per heavy atom. The van der Waals surface area contributed by atoms with E-state index in [0.717, 1.165) is 32.8 Å². The first-order valence-corrected chi connectivity index (χ1v) is 6.60. The van der Waals surface area contributed by atoms with Crippen LogP contribution in [0.2, 0.25) is 0 Å². The minimum absolute atomic E-state index is 0.0407. The summed E-state index contributed by atoms with van der Waals surface area (Å²) >= 11 is 0. The second kappa shape index (κ2) is 5.75. The van der Waals surface area contributed by atoms with Gasteiger partial charge in [-0.15, -0.1) is 0 Å². The molecule has 1 aromatic heterocycles. The Morgan fingerprint density at radius 3 is 2.68 bits per heavy atom. The fourth-order valence-corrected chi connectivity index (χ4v) is 1.96. The van der Waals surface area contributed by atoms with E-state index in [-0.39, 0.29) is 17.3 Å². The van der Waals surface area contributed by atoms with Crippen LogP contribution in [0.5, 0.6) is 0 Å². The van der Waals surface area contributed by atoms with Crippen LogP contribution in [0.4, 0.5) is 5.88 Å². The first-order chi connectivity index (χ1) is 8.95. The van der Waals surface area contributed by atoms with Crippen molar-refractivity contribution in [2.75, 3.05) is 38.6 Å². The van der Waals surface area contributed by atoms with Gasteiger partial charge in [-0.05, 0) is 10.7 Å². The van der Waals surface area contributed by atoms with Crippen molar-refractivity contribution in [1.82, 2.24) is 10.2 Å². The van der Waals surface area contributed by atoms with Crippen molar-refractivity contribution < 1.29 is 14.1 Å². The Balaban J connectivity index is 1.99. The molecule has 2 heterocycles. The summed E-state index contributed by atoms with van der Waals surface area (Å²) in [4.78, 5) is 3.79. The molecule has 1 fully saturated rings. The number of rotatable bonds is 4. The lowest BCUT2D eigenvalue weighted by atomic mass is 9.87. The maximum absolute atomic E-state index is 5.51. The highest BCUT2D eigenvalue weighted by molar-refractivity contribution is 5.12. The van der Waals surface area contributed by atoms with Gasteiger partial charge in [-0.2, -0.15) is 0 Å². The van der Waals surface area contributed by atoms with E-state index in [0.29, 0.717) is 0 Å². The van der Waals surface area contributed by atoms with Gasteiger partial charge in [-0.25, -0.2) is 5.43 Å². The van der Waals surface area contributed by atoms with Gasteiger partial charge >= 0.3 is 0 Å². The summed E-state index contributed by atoms with van der Waals surface area (Å²) < 4.78 is 10.2. The van der Waals surface area contributed by atoms with Gasteiger partial charge in [-0.1, -0.05) is 25.6 Å². The van der Waals surface area contributed by atoms with E-state index in [2.05, 4.69) is 36.4 Å². The summed E-state index contributed by atoms with van der Waals surface area (Å²) in [5, 5.41) is 3.77. The third kappa shape index (κ3) is 4.07. The first-order valence-electron chi connectivity index (χ1n) is 6.60. The lowest BCUT2D eigenvalue weighted by Gasteiger charge is -2.37. The monoisotopic (exact) mass is 269 g/mol. The first kappa shape index (κ1) is 14.1. The fourth-order valence-electron chi connectivity index (χ4n) is 1.96. The molecule has 1 aromatic rings. The van der Waals surface area contributed by atoms with Crippen LogP contribution in [0, 0.1) is 5.41 Å². The van der Waals surface area contributed by atoms with Crippen LogP contribution >= 0.6 is 0 Å². The maximum Gasteiger partial charge on any atom is 0.265 e. The average molecular weight is 269 g/mol. The van der Waals surface area contributed by atoms with Gasteiger partial charge in [0.1, 0.15) is 0 Å². The van der Waals surface area contributed by atoms with E-state index < -0.39 is 0 Å². The van der Waals surface area contributed by atoms with Crippen LogP contribution in [0.1, 0.15) is 20.8 Å². The summed E-state index contributed by atoms with van der Waals surface area (Å²) in [5.41, 5.74) is 10.1. The van der Waals surface area contributed by atoms with Gasteiger partial charge < -0.3 is 15.0 Å². The molecule has 1 aliphatic heterocycles. The molecule has 108 valence electrons. The molecule has 0 saturated carbocycles. The number of ether oxygens (including phenoxy) is 1. The highest BCUT2D eigenvalue weighted by atomic mass is 16.5. The van der Waals surface area contributed by atoms with Crippen molar-refractivity contribution in [3.05, 3.63) is 11.6 Å². The summed E-state index contributed by atoms with van der Waals surface area (Å²) in [6.45, 7) is 10.9. The van der Waals surface area contributed by atoms with Gasteiger partial charge in [-0.3, -0.25) is 4.90 Å². The number of hydrogen-bond donors (Lipinski definition) is 1. The molecule has 1 aliphatic rings. The van der Waals surface area contributed by atoms with E-state index >= 15 is 0 Å². The Morgan fingerprint density at radius 2 is 2.16 bits per heavy atom. The van der Waals surface area contributed by atoms with Crippen LogP contribution in [-0.2, 0) is 4.74 Å². The number of nitrogens with two attached hydrogens (primary N) is 1. The minimum Gasteiger partial charge on any atom is -0.382 e. The molecule has 0 bridgehead atoms. The van der Waals surface area contributed by atoms with Gasteiger partial charge in [0.25, 0.3) is 12.1 Å². The standard InChI is InChI=1S/C12H23N5O2/c1-12(2,3)10(8-16-4-6-18-7-5-16)14-17-9-11(13)19-15-17/h9-10H,4-8,13H2,1-3H3. The second-order valence-corrected chi connectivity index (χ2v) is 5.94. The van der Waals surface area contributed by atoms with E-state index in [9.17, 15) is 0 Å². The van der Waals surface area contributed by atoms with Crippen LogP contribution in [-0.4, -0.2) is 49.1 Å². The van der Waals surface area contributed by atoms with Crippen molar-refractivity contribution in [1.29, 1.82) is 0 Å². The zero-order valence-electron chi connectivity index (χ0n) is 11.9. The molecule has 1 unspecified atom stereocenters. The molecule has 0 radical (unpaired) electrons. The zero-order valence-corrected chi connectivity index (χ0v) is 11.9. The lowest BCUT2D eigenvalue weighted by Crippen LogP contribution is -2.48. The number of morpholine rings is 1. The molecule has 2 N–H and O–H groups in total. The number of nitrogens with zero attached hydrogens (tertiary/aromatic N) is 4. The Kier molecular flexibility index (Phi) is 4.26. The number of anilines is 1. The van der Waals surface area contributed by atoms with Gasteiger partial charge in [0.15, 0.2) is 0 Å². The van der Waals surface area contributed by atoms with Crippen molar-refractivity contribution in [2.45, 2.75) is 26.8 Å². The summed E-state index contributed by atoms with van der Waals surface area (Å²) in [6.07, 6.45) is 1.58. The van der Waals surface area contributed by atoms with Crippen molar-refractivity contribution >= 4 is 5.88 Å². The number of aromatic nitrogens is 2. The molecule has 19 heavy (non-hydrogen) atoms.